The summed E-state index contributed by atoms with van der Waals surface area (Å²) in [7, 11) is -3.76. The van der Waals surface area contributed by atoms with Crippen LogP contribution >= 0.6 is 22.7 Å². The summed E-state index contributed by atoms with van der Waals surface area (Å²) in [6.07, 6.45) is 1.20. The number of nitrogens with zero attached hydrogens (tertiary/aromatic N) is 2. The van der Waals surface area contributed by atoms with Crippen molar-refractivity contribution in [3.8, 4) is 16.3 Å². The molecule has 6 nitrogen and oxygen atoms in total. The van der Waals surface area contributed by atoms with Crippen molar-refractivity contribution >= 4 is 32.7 Å². The highest BCUT2D eigenvalue weighted by Gasteiger charge is 2.22. The van der Waals surface area contributed by atoms with Gasteiger partial charge >= 0.3 is 0 Å². The number of benzene rings is 1. The van der Waals surface area contributed by atoms with Crippen LogP contribution < -0.4 is 9.88 Å². The zero-order valence-electron chi connectivity index (χ0n) is 14.3. The smallest absolute Gasteiger partial charge is 0.238 e. The van der Waals surface area contributed by atoms with Gasteiger partial charge in [0, 0.05) is 23.8 Å². The fraction of sp³-hybridized carbons (Fsp3) is 0.294. The van der Waals surface area contributed by atoms with Crippen molar-refractivity contribution in [1.82, 2.24) is 9.97 Å². The Balaban J connectivity index is 1.70. The molecular weight excluding hydrogens is 390 g/mol. The monoisotopic (exact) mass is 407 g/mol. The van der Waals surface area contributed by atoms with E-state index in [0.717, 1.165) is 43.2 Å². The molecule has 1 aromatic carbocycles. The highest BCUT2D eigenvalue weighted by molar-refractivity contribution is 7.89. The van der Waals surface area contributed by atoms with Gasteiger partial charge in [0.15, 0.2) is 0 Å². The highest BCUT2D eigenvalue weighted by atomic mass is 32.2. The standard InChI is InChI=1S/C17H17N3O3S3/c1-9-17(25-10(2)19-9)14-8-24-15(20-14)7-12-6-13(26(18,21)22)5-11-3-4-23-16(11)12/h5-6,8H,3-4,7H2,1-2H3,(H2,18,21,22). The molecule has 0 radical (unpaired) electrons. The second-order valence-corrected chi connectivity index (χ2v) is 9.87. The second kappa shape index (κ2) is 6.41. The first-order valence-corrected chi connectivity index (χ1v) is 11.3. The fourth-order valence-electron chi connectivity index (χ4n) is 3.08. The van der Waals surface area contributed by atoms with E-state index < -0.39 is 10.0 Å². The minimum atomic E-state index is -3.76. The van der Waals surface area contributed by atoms with Gasteiger partial charge in [-0.05, 0) is 31.5 Å². The molecule has 3 heterocycles. The Morgan fingerprint density at radius 1 is 1.27 bits per heavy atom. The van der Waals surface area contributed by atoms with Crippen LogP contribution in [0.2, 0.25) is 0 Å². The van der Waals surface area contributed by atoms with Crippen molar-refractivity contribution in [2.75, 3.05) is 6.61 Å². The first-order chi connectivity index (χ1) is 12.3. The lowest BCUT2D eigenvalue weighted by Crippen LogP contribution is -2.13. The van der Waals surface area contributed by atoms with Gasteiger partial charge in [0.25, 0.3) is 0 Å². The maximum Gasteiger partial charge on any atom is 0.238 e. The largest absolute Gasteiger partial charge is 0.493 e. The third-order valence-electron chi connectivity index (χ3n) is 4.19. The van der Waals surface area contributed by atoms with Gasteiger partial charge in [0.1, 0.15) is 5.75 Å². The van der Waals surface area contributed by atoms with Crippen LogP contribution in [0, 0.1) is 13.8 Å². The molecule has 4 rings (SSSR count). The molecule has 9 heteroatoms. The average molecular weight is 408 g/mol. The van der Waals surface area contributed by atoms with Gasteiger partial charge in [-0.2, -0.15) is 0 Å². The van der Waals surface area contributed by atoms with Gasteiger partial charge in [0.2, 0.25) is 10.0 Å². The van der Waals surface area contributed by atoms with Gasteiger partial charge in [-0.15, -0.1) is 22.7 Å². The van der Waals surface area contributed by atoms with E-state index in [1.807, 2.05) is 19.2 Å². The maximum absolute atomic E-state index is 11.8. The van der Waals surface area contributed by atoms with Gasteiger partial charge in [-0.3, -0.25) is 0 Å². The van der Waals surface area contributed by atoms with Gasteiger partial charge in [-0.25, -0.2) is 23.5 Å². The highest BCUT2D eigenvalue weighted by Crippen LogP contribution is 2.36. The van der Waals surface area contributed by atoms with Crippen molar-refractivity contribution in [2.24, 2.45) is 5.14 Å². The zero-order chi connectivity index (χ0) is 18.5. The van der Waals surface area contributed by atoms with Crippen molar-refractivity contribution in [2.45, 2.75) is 31.6 Å². The topological polar surface area (TPSA) is 95.2 Å². The summed E-state index contributed by atoms with van der Waals surface area (Å²) >= 11 is 3.17. The van der Waals surface area contributed by atoms with Crippen molar-refractivity contribution < 1.29 is 13.2 Å². The molecule has 0 aliphatic carbocycles. The number of hydrogen-bond acceptors (Lipinski definition) is 7. The van der Waals surface area contributed by atoms with Crippen LogP contribution in [0.4, 0.5) is 0 Å². The minimum Gasteiger partial charge on any atom is -0.493 e. The summed E-state index contributed by atoms with van der Waals surface area (Å²) in [5, 5.41) is 9.25. The number of aryl methyl sites for hydroxylation is 2. The average Bonchev–Trinajstić information content (AvgIpc) is 3.26. The van der Waals surface area contributed by atoms with E-state index in [0.29, 0.717) is 19.4 Å². The Hall–Kier alpha value is -1.81. The molecule has 0 saturated heterocycles. The summed E-state index contributed by atoms with van der Waals surface area (Å²) in [5.74, 6) is 0.763. The van der Waals surface area contributed by atoms with Crippen LogP contribution in [0.1, 0.15) is 26.8 Å². The van der Waals surface area contributed by atoms with E-state index in [2.05, 4.69) is 4.98 Å². The number of thiazole rings is 2. The second-order valence-electron chi connectivity index (χ2n) is 6.16. The van der Waals surface area contributed by atoms with E-state index in [4.69, 9.17) is 14.9 Å². The Labute approximate surface area is 159 Å². The van der Waals surface area contributed by atoms with Crippen LogP contribution in [-0.2, 0) is 22.9 Å². The zero-order valence-corrected chi connectivity index (χ0v) is 16.7. The molecule has 1 aliphatic rings. The van der Waals surface area contributed by atoms with Gasteiger partial charge < -0.3 is 4.74 Å². The first-order valence-electron chi connectivity index (χ1n) is 8.01. The number of primary sulfonamides is 1. The molecular formula is C17H17N3O3S3. The summed E-state index contributed by atoms with van der Waals surface area (Å²) in [5.41, 5.74) is 3.58. The van der Waals surface area contributed by atoms with Crippen molar-refractivity contribution in [3.63, 3.8) is 0 Å². The normalized spacial score (nSPS) is 13.7. The lowest BCUT2D eigenvalue weighted by molar-refractivity contribution is 0.354. The van der Waals surface area contributed by atoms with Crippen LogP contribution in [0.5, 0.6) is 5.75 Å². The third-order valence-corrected chi connectivity index (χ3v) is 7.03. The number of sulfonamides is 1. The maximum atomic E-state index is 11.8. The first kappa shape index (κ1) is 17.6. The Bertz CT molecular complexity index is 1100. The number of fused-ring (bicyclic) bond motifs is 1. The molecule has 0 spiro atoms. The third kappa shape index (κ3) is 3.27. The molecule has 0 unspecified atom stereocenters. The van der Waals surface area contributed by atoms with E-state index >= 15 is 0 Å². The molecule has 1 aliphatic heterocycles. The molecule has 136 valence electrons. The minimum absolute atomic E-state index is 0.127. The van der Waals surface area contributed by atoms with E-state index in [1.54, 1.807) is 34.8 Å². The fourth-order valence-corrected chi connectivity index (χ4v) is 5.46. The van der Waals surface area contributed by atoms with E-state index in [-0.39, 0.29) is 4.90 Å². The van der Waals surface area contributed by atoms with Crippen LogP contribution in [0.15, 0.2) is 22.4 Å². The molecule has 3 aromatic rings. The van der Waals surface area contributed by atoms with Crippen LogP contribution in [-0.4, -0.2) is 25.0 Å². The van der Waals surface area contributed by atoms with E-state index in [1.165, 1.54) is 0 Å². The quantitative estimate of drug-likeness (QED) is 0.717. The van der Waals surface area contributed by atoms with Gasteiger partial charge in [0.05, 0.1) is 37.8 Å². The molecule has 0 saturated carbocycles. The summed E-state index contributed by atoms with van der Waals surface area (Å²) in [6, 6.07) is 3.21. The summed E-state index contributed by atoms with van der Waals surface area (Å²) < 4.78 is 29.3. The number of hydrogen-bond donors (Lipinski definition) is 1. The Kier molecular flexibility index (Phi) is 4.34. The molecule has 0 amide bonds. The molecule has 0 fully saturated rings. The number of ether oxygens (including phenoxy) is 1. The Morgan fingerprint density at radius 2 is 2.08 bits per heavy atom. The van der Waals surface area contributed by atoms with Gasteiger partial charge in [-0.1, -0.05) is 0 Å². The van der Waals surface area contributed by atoms with Crippen LogP contribution in [0.3, 0.4) is 0 Å². The summed E-state index contributed by atoms with van der Waals surface area (Å²) in [4.78, 5) is 10.4. The number of rotatable bonds is 4. The van der Waals surface area contributed by atoms with Crippen molar-refractivity contribution in [3.05, 3.63) is 44.3 Å². The molecule has 0 atom stereocenters. The predicted molar refractivity (Wildman–Crippen MR) is 103 cm³/mol. The number of nitrogens with two attached hydrogens (primary N) is 1. The van der Waals surface area contributed by atoms with Crippen LogP contribution in [0.25, 0.3) is 10.6 Å². The Morgan fingerprint density at radius 3 is 2.77 bits per heavy atom. The SMILES string of the molecule is Cc1nc(C)c(-c2csc(Cc3cc(S(N)(=O)=O)cc4c3OCC4)n2)s1. The number of aromatic nitrogens is 2. The lowest BCUT2D eigenvalue weighted by Gasteiger charge is -2.09. The molecule has 0 bridgehead atoms. The predicted octanol–water partition coefficient (Wildman–Crippen LogP) is 3.06. The summed E-state index contributed by atoms with van der Waals surface area (Å²) in [6.45, 7) is 4.51. The van der Waals surface area contributed by atoms with Crippen molar-refractivity contribution in [1.29, 1.82) is 0 Å². The van der Waals surface area contributed by atoms with E-state index in [9.17, 15) is 8.42 Å². The molecule has 26 heavy (non-hydrogen) atoms. The molecule has 2 aromatic heterocycles. The molecule has 2 N–H and O–H groups in total. The lowest BCUT2D eigenvalue weighted by atomic mass is 10.1.